The van der Waals surface area contributed by atoms with Crippen LogP contribution in [0.3, 0.4) is 0 Å². The molecule has 4 nitrogen and oxygen atoms in total. The van der Waals surface area contributed by atoms with Gasteiger partial charge in [0, 0.05) is 25.3 Å². The highest BCUT2D eigenvalue weighted by Crippen LogP contribution is 2.26. The number of hydrogen-bond acceptors (Lipinski definition) is 3. The minimum atomic E-state index is -0.492. The topological polar surface area (TPSA) is 41.6 Å². The van der Waals surface area contributed by atoms with Crippen molar-refractivity contribution in [3.63, 3.8) is 0 Å². The SMILES string of the molecule is CCc1ccccc1O[C@@H](C)C(=O)NCCCN1CCCc2ccccc21. The van der Waals surface area contributed by atoms with Gasteiger partial charge in [-0.1, -0.05) is 43.3 Å². The summed E-state index contributed by atoms with van der Waals surface area (Å²) < 4.78 is 5.87. The van der Waals surface area contributed by atoms with Crippen molar-refractivity contribution in [2.45, 2.75) is 45.6 Å². The summed E-state index contributed by atoms with van der Waals surface area (Å²) in [4.78, 5) is 14.8. The standard InChI is InChI=1S/C23H30N2O2/c1-3-19-10-5-7-14-22(19)27-18(2)23(26)24-15-9-17-25-16-8-12-20-11-4-6-13-21(20)25/h4-7,10-11,13-14,18H,3,8-9,12,15-17H2,1-2H3,(H,24,26)/t18-/m0/s1. The van der Waals surface area contributed by atoms with Crippen molar-refractivity contribution >= 4 is 11.6 Å². The van der Waals surface area contributed by atoms with E-state index < -0.39 is 6.10 Å². The van der Waals surface area contributed by atoms with Crippen molar-refractivity contribution in [1.82, 2.24) is 5.32 Å². The number of nitrogens with one attached hydrogen (secondary N) is 1. The number of benzene rings is 2. The number of rotatable bonds is 8. The van der Waals surface area contributed by atoms with Crippen LogP contribution in [-0.2, 0) is 17.6 Å². The Morgan fingerprint density at radius 1 is 1.19 bits per heavy atom. The second-order valence-electron chi connectivity index (χ2n) is 7.09. The molecule has 2 aromatic carbocycles. The number of anilines is 1. The van der Waals surface area contributed by atoms with Crippen LogP contribution in [0.5, 0.6) is 5.75 Å². The van der Waals surface area contributed by atoms with Gasteiger partial charge in [0.25, 0.3) is 5.91 Å². The molecule has 1 aliphatic rings. The zero-order valence-corrected chi connectivity index (χ0v) is 16.4. The van der Waals surface area contributed by atoms with E-state index in [-0.39, 0.29) is 5.91 Å². The first kappa shape index (κ1) is 19.3. The van der Waals surface area contributed by atoms with Crippen molar-refractivity contribution in [3.05, 3.63) is 59.7 Å². The summed E-state index contributed by atoms with van der Waals surface area (Å²) in [6.07, 6.45) is 3.69. The molecule has 0 aliphatic carbocycles. The molecule has 1 aliphatic heterocycles. The second kappa shape index (κ2) is 9.45. The number of carbonyl (C=O) groups is 1. The zero-order chi connectivity index (χ0) is 19.1. The molecule has 27 heavy (non-hydrogen) atoms. The molecule has 0 bridgehead atoms. The van der Waals surface area contributed by atoms with E-state index in [0.29, 0.717) is 6.54 Å². The summed E-state index contributed by atoms with van der Waals surface area (Å²) in [5.41, 5.74) is 3.91. The van der Waals surface area contributed by atoms with Gasteiger partial charge in [-0.2, -0.15) is 0 Å². The van der Waals surface area contributed by atoms with Gasteiger partial charge >= 0.3 is 0 Å². The van der Waals surface area contributed by atoms with Gasteiger partial charge in [-0.15, -0.1) is 0 Å². The lowest BCUT2D eigenvalue weighted by atomic mass is 10.0. The van der Waals surface area contributed by atoms with Crippen LogP contribution in [-0.4, -0.2) is 31.6 Å². The van der Waals surface area contributed by atoms with Crippen LogP contribution in [0, 0.1) is 0 Å². The Labute approximate surface area is 162 Å². The van der Waals surface area contributed by atoms with Gasteiger partial charge in [0.05, 0.1) is 0 Å². The maximum atomic E-state index is 12.3. The lowest BCUT2D eigenvalue weighted by Gasteiger charge is -2.31. The molecule has 0 radical (unpaired) electrons. The summed E-state index contributed by atoms with van der Waals surface area (Å²) >= 11 is 0. The van der Waals surface area contributed by atoms with Crippen LogP contribution in [0.15, 0.2) is 48.5 Å². The lowest BCUT2D eigenvalue weighted by molar-refractivity contribution is -0.127. The molecule has 1 heterocycles. The largest absolute Gasteiger partial charge is 0.481 e. The quantitative estimate of drug-likeness (QED) is 0.719. The average Bonchev–Trinajstić information content (AvgIpc) is 2.71. The first-order chi connectivity index (χ1) is 13.2. The van der Waals surface area contributed by atoms with Gasteiger partial charge in [-0.05, 0) is 55.9 Å². The number of carbonyl (C=O) groups excluding carboxylic acids is 1. The van der Waals surface area contributed by atoms with Crippen molar-refractivity contribution in [1.29, 1.82) is 0 Å². The van der Waals surface area contributed by atoms with Gasteiger partial charge in [0.15, 0.2) is 6.10 Å². The van der Waals surface area contributed by atoms with Crippen LogP contribution < -0.4 is 15.0 Å². The van der Waals surface area contributed by atoms with Gasteiger partial charge in [0.2, 0.25) is 0 Å². The Morgan fingerprint density at radius 3 is 2.81 bits per heavy atom. The van der Waals surface area contributed by atoms with Crippen molar-refractivity contribution < 1.29 is 9.53 Å². The monoisotopic (exact) mass is 366 g/mol. The predicted octanol–water partition coefficient (Wildman–Crippen LogP) is 3.98. The Kier molecular flexibility index (Phi) is 6.74. The Balaban J connectivity index is 1.43. The number of amides is 1. The average molecular weight is 367 g/mol. The molecule has 2 aromatic rings. The number of fused-ring (bicyclic) bond motifs is 1. The lowest BCUT2D eigenvalue weighted by Crippen LogP contribution is -2.38. The van der Waals surface area contributed by atoms with Crippen LogP contribution >= 0.6 is 0 Å². The highest BCUT2D eigenvalue weighted by Gasteiger charge is 2.17. The van der Waals surface area contributed by atoms with Crippen LogP contribution in [0.25, 0.3) is 0 Å². The molecule has 0 unspecified atom stereocenters. The molecule has 1 amide bonds. The number of para-hydroxylation sites is 2. The van der Waals surface area contributed by atoms with Gasteiger partial charge in [-0.25, -0.2) is 0 Å². The zero-order valence-electron chi connectivity index (χ0n) is 16.4. The van der Waals surface area contributed by atoms with Gasteiger partial charge in [0.1, 0.15) is 5.75 Å². The van der Waals surface area contributed by atoms with E-state index in [4.69, 9.17) is 4.74 Å². The fourth-order valence-electron chi connectivity index (χ4n) is 3.62. The first-order valence-electron chi connectivity index (χ1n) is 10.0. The van der Waals surface area contributed by atoms with Crippen molar-refractivity contribution in [3.8, 4) is 5.75 Å². The molecule has 1 N–H and O–H groups in total. The minimum Gasteiger partial charge on any atom is -0.481 e. The first-order valence-corrected chi connectivity index (χ1v) is 10.0. The van der Waals surface area contributed by atoms with Gasteiger partial charge in [-0.3, -0.25) is 4.79 Å². The Morgan fingerprint density at radius 2 is 1.96 bits per heavy atom. The van der Waals surface area contributed by atoms with Crippen LogP contribution in [0.4, 0.5) is 5.69 Å². The van der Waals surface area contributed by atoms with Crippen molar-refractivity contribution in [2.75, 3.05) is 24.5 Å². The number of hydrogen-bond donors (Lipinski definition) is 1. The molecular formula is C23H30N2O2. The Bertz CT molecular complexity index is 760. The normalized spacial score (nSPS) is 14.4. The molecule has 0 fully saturated rings. The maximum Gasteiger partial charge on any atom is 0.260 e. The van der Waals surface area contributed by atoms with E-state index in [1.165, 1.54) is 17.7 Å². The third-order valence-electron chi connectivity index (χ3n) is 5.14. The number of aryl methyl sites for hydroxylation is 2. The molecule has 0 aromatic heterocycles. The Hall–Kier alpha value is -2.49. The van der Waals surface area contributed by atoms with Crippen molar-refractivity contribution in [2.24, 2.45) is 0 Å². The van der Waals surface area contributed by atoms with Gasteiger partial charge < -0.3 is 15.0 Å². The smallest absolute Gasteiger partial charge is 0.260 e. The molecular weight excluding hydrogens is 336 g/mol. The maximum absolute atomic E-state index is 12.3. The summed E-state index contributed by atoms with van der Waals surface area (Å²) in [7, 11) is 0. The van der Waals surface area contributed by atoms with E-state index in [1.807, 2.05) is 31.2 Å². The number of nitrogens with zero attached hydrogens (tertiary/aromatic N) is 1. The molecule has 0 saturated carbocycles. The molecule has 0 saturated heterocycles. The summed E-state index contributed by atoms with van der Waals surface area (Å²) in [5.74, 6) is 0.743. The molecule has 1 atom stereocenters. The molecule has 144 valence electrons. The summed E-state index contributed by atoms with van der Waals surface area (Å²) in [5, 5.41) is 3.01. The van der Waals surface area contributed by atoms with E-state index in [0.717, 1.165) is 43.7 Å². The highest BCUT2D eigenvalue weighted by atomic mass is 16.5. The predicted molar refractivity (Wildman–Crippen MR) is 111 cm³/mol. The van der Waals surface area contributed by atoms with E-state index in [9.17, 15) is 4.79 Å². The van der Waals surface area contributed by atoms with E-state index >= 15 is 0 Å². The third-order valence-corrected chi connectivity index (χ3v) is 5.14. The van der Waals surface area contributed by atoms with Crippen LogP contribution in [0.1, 0.15) is 37.8 Å². The van der Waals surface area contributed by atoms with Crippen LogP contribution in [0.2, 0.25) is 0 Å². The highest BCUT2D eigenvalue weighted by molar-refractivity contribution is 5.80. The summed E-state index contributed by atoms with van der Waals surface area (Å²) in [6, 6.07) is 16.5. The second-order valence-corrected chi connectivity index (χ2v) is 7.09. The number of ether oxygens (including phenoxy) is 1. The summed E-state index contributed by atoms with van der Waals surface area (Å²) in [6.45, 7) is 6.62. The third kappa shape index (κ3) is 5.03. The molecule has 4 heteroatoms. The van der Waals surface area contributed by atoms with E-state index in [1.54, 1.807) is 0 Å². The minimum absolute atomic E-state index is 0.0556. The fourth-order valence-corrected chi connectivity index (χ4v) is 3.62. The van der Waals surface area contributed by atoms with E-state index in [2.05, 4.69) is 41.4 Å². The fraction of sp³-hybridized carbons (Fsp3) is 0.435. The molecule has 0 spiro atoms. The molecule has 3 rings (SSSR count).